The molecule has 6 heteroatoms. The Balaban J connectivity index is 1.59. The first-order chi connectivity index (χ1) is 13.7. The van der Waals surface area contributed by atoms with Crippen LogP contribution in [0.2, 0.25) is 0 Å². The van der Waals surface area contributed by atoms with Crippen LogP contribution < -0.4 is 10.6 Å². The monoisotopic (exact) mass is 389 g/mol. The number of rotatable bonds is 3. The summed E-state index contributed by atoms with van der Waals surface area (Å²) in [6.07, 6.45) is 1.65. The molecule has 0 radical (unpaired) electrons. The zero-order valence-electron chi connectivity index (χ0n) is 16.0. The SMILES string of the molecule is Cc1cc(-c2ncnc3[nH]c4cc(CN5CCNCC5)ccc4c23)ccc1P. The van der Waals surface area contributed by atoms with Gasteiger partial charge in [-0.3, -0.25) is 4.90 Å². The summed E-state index contributed by atoms with van der Waals surface area (Å²) < 4.78 is 0. The van der Waals surface area contributed by atoms with E-state index in [1.165, 1.54) is 21.8 Å². The van der Waals surface area contributed by atoms with Crippen LogP contribution in [0.3, 0.4) is 0 Å². The van der Waals surface area contributed by atoms with Crippen LogP contribution in [-0.4, -0.2) is 46.0 Å². The van der Waals surface area contributed by atoms with E-state index in [0.717, 1.165) is 60.5 Å². The molecule has 0 spiro atoms. The Bertz CT molecular complexity index is 1160. The Morgan fingerprint density at radius 3 is 2.75 bits per heavy atom. The summed E-state index contributed by atoms with van der Waals surface area (Å²) in [4.78, 5) is 15.1. The van der Waals surface area contributed by atoms with Crippen molar-refractivity contribution in [1.82, 2.24) is 25.2 Å². The van der Waals surface area contributed by atoms with E-state index in [1.807, 2.05) is 0 Å². The number of aromatic amines is 1. The topological polar surface area (TPSA) is 56.8 Å². The lowest BCUT2D eigenvalue weighted by Crippen LogP contribution is -2.42. The zero-order valence-corrected chi connectivity index (χ0v) is 17.2. The minimum atomic E-state index is 0.895. The molecule has 5 rings (SSSR count). The van der Waals surface area contributed by atoms with E-state index in [4.69, 9.17) is 0 Å². The maximum Gasteiger partial charge on any atom is 0.142 e. The van der Waals surface area contributed by atoms with Gasteiger partial charge in [0, 0.05) is 49.2 Å². The average Bonchev–Trinajstić information content (AvgIpc) is 3.08. The van der Waals surface area contributed by atoms with Crippen LogP contribution in [0.5, 0.6) is 0 Å². The molecule has 2 aromatic heterocycles. The Morgan fingerprint density at radius 2 is 1.93 bits per heavy atom. The van der Waals surface area contributed by atoms with Crippen LogP contribution in [-0.2, 0) is 6.54 Å². The molecule has 4 aromatic rings. The highest BCUT2D eigenvalue weighted by Crippen LogP contribution is 2.32. The molecule has 28 heavy (non-hydrogen) atoms. The summed E-state index contributed by atoms with van der Waals surface area (Å²) in [6, 6.07) is 13.2. The number of hydrogen-bond donors (Lipinski definition) is 2. The summed E-state index contributed by atoms with van der Waals surface area (Å²) in [7, 11) is 2.78. The first-order valence-corrected chi connectivity index (χ1v) is 10.3. The fourth-order valence-electron chi connectivity index (χ4n) is 4.04. The molecule has 2 N–H and O–H groups in total. The molecule has 1 fully saturated rings. The molecule has 1 aliphatic rings. The summed E-state index contributed by atoms with van der Waals surface area (Å²) in [6.45, 7) is 7.46. The first-order valence-electron chi connectivity index (χ1n) is 9.74. The number of nitrogens with one attached hydrogen (secondary N) is 2. The Labute approximate surface area is 166 Å². The van der Waals surface area contributed by atoms with Gasteiger partial charge in [-0.05, 0) is 35.5 Å². The maximum atomic E-state index is 4.63. The predicted octanol–water partition coefficient (Wildman–Crippen LogP) is 2.99. The average molecular weight is 389 g/mol. The van der Waals surface area contributed by atoms with E-state index in [-0.39, 0.29) is 0 Å². The number of hydrogen-bond acceptors (Lipinski definition) is 4. The van der Waals surface area contributed by atoms with Crippen molar-refractivity contribution in [2.75, 3.05) is 26.2 Å². The summed E-state index contributed by atoms with van der Waals surface area (Å²) >= 11 is 0. The summed E-state index contributed by atoms with van der Waals surface area (Å²) in [5.74, 6) is 0. The number of fused-ring (bicyclic) bond motifs is 3. The van der Waals surface area contributed by atoms with Gasteiger partial charge in [-0.1, -0.05) is 24.3 Å². The van der Waals surface area contributed by atoms with Gasteiger partial charge in [0.1, 0.15) is 12.0 Å². The molecular formula is C22H24N5P. The van der Waals surface area contributed by atoms with E-state index in [1.54, 1.807) is 6.33 Å². The molecule has 5 nitrogen and oxygen atoms in total. The normalized spacial score (nSPS) is 15.5. The van der Waals surface area contributed by atoms with E-state index in [9.17, 15) is 0 Å². The van der Waals surface area contributed by atoms with Gasteiger partial charge < -0.3 is 10.3 Å². The van der Waals surface area contributed by atoms with Gasteiger partial charge in [-0.2, -0.15) is 0 Å². The molecule has 1 saturated heterocycles. The van der Waals surface area contributed by atoms with Gasteiger partial charge in [-0.25, -0.2) is 9.97 Å². The second-order valence-corrected chi connectivity index (χ2v) is 8.17. The number of piperazine rings is 1. The molecule has 0 bridgehead atoms. The van der Waals surface area contributed by atoms with Crippen LogP contribution in [0.1, 0.15) is 11.1 Å². The van der Waals surface area contributed by atoms with Crippen molar-refractivity contribution >= 4 is 36.5 Å². The Kier molecular flexibility index (Phi) is 4.59. The van der Waals surface area contributed by atoms with Crippen molar-refractivity contribution in [3.8, 4) is 11.3 Å². The van der Waals surface area contributed by atoms with Gasteiger partial charge in [-0.15, -0.1) is 9.24 Å². The van der Waals surface area contributed by atoms with Gasteiger partial charge in [0.05, 0.1) is 11.1 Å². The van der Waals surface area contributed by atoms with Gasteiger partial charge in [0.2, 0.25) is 0 Å². The van der Waals surface area contributed by atoms with Crippen LogP contribution in [0.25, 0.3) is 33.2 Å². The number of aromatic nitrogens is 3. The summed E-state index contributed by atoms with van der Waals surface area (Å²) in [5, 5.41) is 6.91. The smallest absolute Gasteiger partial charge is 0.142 e. The number of H-pyrrole nitrogens is 1. The zero-order chi connectivity index (χ0) is 19.1. The highest BCUT2D eigenvalue weighted by molar-refractivity contribution is 7.27. The molecule has 2 aromatic carbocycles. The Morgan fingerprint density at radius 1 is 1.07 bits per heavy atom. The Hall–Kier alpha value is -2.33. The maximum absolute atomic E-state index is 4.63. The summed E-state index contributed by atoms with van der Waals surface area (Å²) in [5.41, 5.74) is 6.71. The van der Waals surface area contributed by atoms with Gasteiger partial charge in [0.15, 0.2) is 0 Å². The van der Waals surface area contributed by atoms with E-state index in [2.05, 4.69) is 77.7 Å². The van der Waals surface area contributed by atoms with Crippen molar-refractivity contribution < 1.29 is 0 Å². The third-order valence-electron chi connectivity index (χ3n) is 5.61. The number of benzene rings is 2. The molecule has 1 atom stereocenters. The van der Waals surface area contributed by atoms with Crippen LogP contribution in [0.15, 0.2) is 42.7 Å². The molecule has 0 saturated carbocycles. The predicted molar refractivity (Wildman–Crippen MR) is 119 cm³/mol. The van der Waals surface area contributed by atoms with Crippen molar-refractivity contribution in [3.05, 3.63) is 53.9 Å². The highest BCUT2D eigenvalue weighted by Gasteiger charge is 2.15. The molecule has 0 amide bonds. The lowest BCUT2D eigenvalue weighted by atomic mass is 10.0. The van der Waals surface area contributed by atoms with E-state index in [0.29, 0.717) is 0 Å². The first kappa shape index (κ1) is 17.7. The van der Waals surface area contributed by atoms with Gasteiger partial charge in [0.25, 0.3) is 0 Å². The largest absolute Gasteiger partial charge is 0.339 e. The minimum absolute atomic E-state index is 0.895. The second-order valence-electron chi connectivity index (χ2n) is 7.55. The van der Waals surface area contributed by atoms with Crippen molar-refractivity contribution in [1.29, 1.82) is 0 Å². The standard InChI is InChI=1S/C22H24N5P/c1-14-10-16(3-5-19(14)28)21-20-17-4-2-15(12-27-8-6-23-7-9-27)11-18(17)26-22(20)25-13-24-21/h2-5,10-11,13,23H,6-9,12,28H2,1H3,(H,24,25,26). The molecule has 142 valence electrons. The van der Waals surface area contributed by atoms with Crippen molar-refractivity contribution in [2.45, 2.75) is 13.5 Å². The lowest BCUT2D eigenvalue weighted by Gasteiger charge is -2.27. The van der Waals surface area contributed by atoms with Crippen LogP contribution in [0.4, 0.5) is 0 Å². The molecule has 3 heterocycles. The quantitative estimate of drug-likeness (QED) is 0.529. The lowest BCUT2D eigenvalue weighted by molar-refractivity contribution is 0.233. The minimum Gasteiger partial charge on any atom is -0.339 e. The van der Waals surface area contributed by atoms with E-state index < -0.39 is 0 Å². The third-order valence-corrected chi connectivity index (χ3v) is 6.26. The van der Waals surface area contributed by atoms with Crippen molar-refractivity contribution in [3.63, 3.8) is 0 Å². The molecule has 1 aliphatic heterocycles. The fourth-order valence-corrected chi connectivity index (χ4v) is 4.22. The molecule has 0 aliphatic carbocycles. The number of nitrogens with zero attached hydrogens (tertiary/aromatic N) is 3. The highest BCUT2D eigenvalue weighted by atomic mass is 31.0. The number of aryl methyl sites for hydroxylation is 1. The second kappa shape index (κ2) is 7.25. The van der Waals surface area contributed by atoms with Crippen molar-refractivity contribution in [2.24, 2.45) is 0 Å². The van der Waals surface area contributed by atoms with Crippen LogP contribution in [0, 0.1) is 6.92 Å². The molecular weight excluding hydrogens is 365 g/mol. The third kappa shape index (κ3) is 3.20. The fraction of sp³-hybridized carbons (Fsp3) is 0.273. The molecule has 1 unspecified atom stereocenters. The van der Waals surface area contributed by atoms with E-state index >= 15 is 0 Å². The van der Waals surface area contributed by atoms with Crippen LogP contribution >= 0.6 is 9.24 Å². The van der Waals surface area contributed by atoms with Gasteiger partial charge >= 0.3 is 0 Å².